The van der Waals surface area contributed by atoms with Crippen molar-refractivity contribution in [1.82, 2.24) is 9.88 Å². The van der Waals surface area contributed by atoms with Crippen molar-refractivity contribution in [2.24, 2.45) is 0 Å². The number of urea groups is 1. The molecule has 0 fully saturated rings. The number of aromatic amines is 1. The Kier molecular flexibility index (Phi) is 4.60. The summed E-state index contributed by atoms with van der Waals surface area (Å²) in [7, 11) is 1.48. The average Bonchev–Trinajstić information content (AvgIpc) is 3.03. The third kappa shape index (κ3) is 3.48. The zero-order chi connectivity index (χ0) is 20.8. The highest BCUT2D eigenvalue weighted by atomic mass is 19.4. The maximum absolute atomic E-state index is 14.0. The van der Waals surface area contributed by atoms with Gasteiger partial charge in [0.15, 0.2) is 6.04 Å². The van der Waals surface area contributed by atoms with E-state index in [2.05, 4.69) is 10.3 Å². The predicted molar refractivity (Wildman–Crippen MR) is 99.5 cm³/mol. The molecule has 5 nitrogen and oxygen atoms in total. The van der Waals surface area contributed by atoms with Crippen LogP contribution in [0, 0.1) is 5.82 Å². The van der Waals surface area contributed by atoms with E-state index in [1.54, 1.807) is 18.2 Å². The number of H-pyrrole nitrogens is 1. The number of halogens is 4. The summed E-state index contributed by atoms with van der Waals surface area (Å²) in [6.07, 6.45) is -4.45. The minimum Gasteiger partial charge on any atom is -0.497 e. The maximum atomic E-state index is 14.0. The normalized spacial score (nSPS) is 16.6. The van der Waals surface area contributed by atoms with E-state index in [0.29, 0.717) is 22.2 Å². The van der Waals surface area contributed by atoms with Crippen LogP contribution in [0.3, 0.4) is 0 Å². The number of carbonyl (C=O) groups is 1. The molecule has 0 spiro atoms. The fourth-order valence-corrected chi connectivity index (χ4v) is 3.72. The van der Waals surface area contributed by atoms with E-state index in [-0.39, 0.29) is 24.3 Å². The SMILES string of the molecule is COc1ccc2[nH]c3c(c2c1)CCN(C(=O)Nc1cccc(F)c1)C3C(F)(F)F. The number of fused-ring (bicyclic) bond motifs is 3. The molecule has 2 amide bonds. The Bertz CT molecular complexity index is 1080. The van der Waals surface area contributed by atoms with E-state index < -0.39 is 24.1 Å². The number of alkyl halides is 3. The summed E-state index contributed by atoms with van der Waals surface area (Å²) in [4.78, 5) is 16.2. The van der Waals surface area contributed by atoms with Gasteiger partial charge in [-0.15, -0.1) is 0 Å². The Morgan fingerprint density at radius 1 is 1.24 bits per heavy atom. The number of anilines is 1. The number of nitrogens with zero attached hydrogens (tertiary/aromatic N) is 1. The molecule has 2 aromatic carbocycles. The number of hydrogen-bond donors (Lipinski definition) is 2. The highest BCUT2D eigenvalue weighted by molar-refractivity contribution is 5.91. The lowest BCUT2D eigenvalue weighted by Gasteiger charge is -2.36. The topological polar surface area (TPSA) is 57.4 Å². The number of amides is 2. The molecule has 0 saturated heterocycles. The molecule has 0 saturated carbocycles. The number of hydrogen-bond acceptors (Lipinski definition) is 2. The Morgan fingerprint density at radius 2 is 2.03 bits per heavy atom. The minimum atomic E-state index is -4.70. The van der Waals surface area contributed by atoms with Gasteiger partial charge in [-0.1, -0.05) is 6.07 Å². The molecule has 1 aliphatic heterocycles. The molecular formula is C20H17F4N3O2. The van der Waals surface area contributed by atoms with Gasteiger partial charge in [-0.2, -0.15) is 13.2 Å². The molecule has 2 heterocycles. The van der Waals surface area contributed by atoms with Gasteiger partial charge in [0.25, 0.3) is 0 Å². The first kappa shape index (κ1) is 19.1. The van der Waals surface area contributed by atoms with Gasteiger partial charge in [0.05, 0.1) is 12.8 Å². The van der Waals surface area contributed by atoms with Gasteiger partial charge in [-0.3, -0.25) is 0 Å². The summed E-state index contributed by atoms with van der Waals surface area (Å²) < 4.78 is 60.5. The monoisotopic (exact) mass is 407 g/mol. The summed E-state index contributed by atoms with van der Waals surface area (Å²) in [5.41, 5.74) is 1.07. The Hall–Kier alpha value is -3.23. The first-order valence-electron chi connectivity index (χ1n) is 8.86. The van der Waals surface area contributed by atoms with Gasteiger partial charge in [0.1, 0.15) is 11.6 Å². The maximum Gasteiger partial charge on any atom is 0.414 e. The van der Waals surface area contributed by atoms with Crippen LogP contribution in [0.25, 0.3) is 10.9 Å². The molecule has 0 bridgehead atoms. The van der Waals surface area contributed by atoms with Crippen LogP contribution in [0.5, 0.6) is 5.75 Å². The second-order valence-electron chi connectivity index (χ2n) is 6.76. The second-order valence-corrected chi connectivity index (χ2v) is 6.76. The van der Waals surface area contributed by atoms with Crippen molar-refractivity contribution < 1.29 is 27.1 Å². The predicted octanol–water partition coefficient (Wildman–Crippen LogP) is 5.01. The summed E-state index contributed by atoms with van der Waals surface area (Å²) in [6.45, 7) is -0.136. The first-order valence-corrected chi connectivity index (χ1v) is 8.86. The highest BCUT2D eigenvalue weighted by Crippen LogP contribution is 2.44. The van der Waals surface area contributed by atoms with Gasteiger partial charge in [-0.05, 0) is 48.4 Å². The zero-order valence-corrected chi connectivity index (χ0v) is 15.3. The van der Waals surface area contributed by atoms with Crippen molar-refractivity contribution in [2.45, 2.75) is 18.6 Å². The van der Waals surface area contributed by atoms with Crippen LogP contribution in [-0.2, 0) is 6.42 Å². The molecule has 1 aliphatic rings. The van der Waals surface area contributed by atoms with Crippen molar-refractivity contribution in [1.29, 1.82) is 0 Å². The minimum absolute atomic E-state index is 0.0682. The summed E-state index contributed by atoms with van der Waals surface area (Å²) in [5, 5.41) is 2.99. The molecule has 152 valence electrons. The molecule has 1 atom stereocenters. The lowest BCUT2D eigenvalue weighted by Crippen LogP contribution is -2.48. The Balaban J connectivity index is 1.73. The van der Waals surface area contributed by atoms with Gasteiger partial charge in [-0.25, -0.2) is 9.18 Å². The molecule has 29 heavy (non-hydrogen) atoms. The van der Waals surface area contributed by atoms with Crippen LogP contribution in [0.4, 0.5) is 28.0 Å². The van der Waals surface area contributed by atoms with Crippen LogP contribution >= 0.6 is 0 Å². The van der Waals surface area contributed by atoms with E-state index in [1.807, 2.05) is 0 Å². The van der Waals surface area contributed by atoms with Gasteiger partial charge >= 0.3 is 12.2 Å². The number of methoxy groups -OCH3 is 1. The highest BCUT2D eigenvalue weighted by Gasteiger charge is 2.50. The molecule has 4 rings (SSSR count). The number of nitrogens with one attached hydrogen (secondary N) is 2. The molecule has 9 heteroatoms. The number of rotatable bonds is 2. The van der Waals surface area contributed by atoms with Gasteiger partial charge in [0.2, 0.25) is 0 Å². The molecule has 0 radical (unpaired) electrons. The fraction of sp³-hybridized carbons (Fsp3) is 0.250. The summed E-state index contributed by atoms with van der Waals surface area (Å²) >= 11 is 0. The van der Waals surface area contributed by atoms with Gasteiger partial charge in [0, 0.05) is 23.1 Å². The number of carbonyl (C=O) groups excluding carboxylic acids is 1. The molecular weight excluding hydrogens is 390 g/mol. The van der Waals surface area contributed by atoms with E-state index in [9.17, 15) is 22.4 Å². The zero-order valence-electron chi connectivity index (χ0n) is 15.3. The standard InChI is InChI=1S/C20H17F4N3O2/c1-29-13-5-6-16-15(10-13)14-7-8-27(18(17(14)26-16)20(22,23)24)19(28)25-12-4-2-3-11(21)9-12/h2-6,9-10,18,26H,7-8H2,1H3,(H,25,28). The summed E-state index contributed by atoms with van der Waals surface area (Å²) in [5.74, 6) is -0.0604. The lowest BCUT2D eigenvalue weighted by molar-refractivity contribution is -0.180. The van der Waals surface area contributed by atoms with Crippen LogP contribution in [-0.4, -0.2) is 35.7 Å². The van der Waals surface area contributed by atoms with Crippen molar-refractivity contribution in [3.8, 4) is 5.75 Å². The van der Waals surface area contributed by atoms with Crippen molar-refractivity contribution in [3.63, 3.8) is 0 Å². The van der Waals surface area contributed by atoms with E-state index in [4.69, 9.17) is 4.74 Å². The van der Waals surface area contributed by atoms with Crippen LogP contribution in [0.2, 0.25) is 0 Å². The molecule has 2 N–H and O–H groups in total. The second kappa shape index (κ2) is 6.98. The average molecular weight is 407 g/mol. The molecule has 1 unspecified atom stereocenters. The van der Waals surface area contributed by atoms with E-state index >= 15 is 0 Å². The number of ether oxygens (including phenoxy) is 1. The third-order valence-corrected chi connectivity index (χ3v) is 4.98. The largest absolute Gasteiger partial charge is 0.497 e. The van der Waals surface area contributed by atoms with Crippen molar-refractivity contribution in [2.75, 3.05) is 19.0 Å². The summed E-state index contributed by atoms with van der Waals surface area (Å²) in [6, 6.07) is 6.90. The third-order valence-electron chi connectivity index (χ3n) is 4.98. The Morgan fingerprint density at radius 3 is 2.72 bits per heavy atom. The van der Waals surface area contributed by atoms with Gasteiger partial charge < -0.3 is 19.9 Å². The van der Waals surface area contributed by atoms with Crippen LogP contribution in [0.1, 0.15) is 17.3 Å². The lowest BCUT2D eigenvalue weighted by atomic mass is 9.97. The smallest absolute Gasteiger partial charge is 0.414 e. The number of benzene rings is 2. The Labute approximate surface area is 163 Å². The fourth-order valence-electron chi connectivity index (χ4n) is 3.72. The van der Waals surface area contributed by atoms with Crippen LogP contribution < -0.4 is 10.1 Å². The van der Waals surface area contributed by atoms with E-state index in [1.165, 1.54) is 25.3 Å². The van der Waals surface area contributed by atoms with Crippen molar-refractivity contribution >= 4 is 22.6 Å². The van der Waals surface area contributed by atoms with E-state index in [0.717, 1.165) is 11.0 Å². The molecule has 1 aromatic heterocycles. The first-order chi connectivity index (χ1) is 13.8. The van der Waals surface area contributed by atoms with Crippen molar-refractivity contribution in [3.05, 3.63) is 59.5 Å². The molecule has 0 aliphatic carbocycles. The quantitative estimate of drug-likeness (QED) is 0.587. The van der Waals surface area contributed by atoms with Crippen LogP contribution in [0.15, 0.2) is 42.5 Å². The number of aromatic nitrogens is 1. The molecule has 3 aromatic rings.